The van der Waals surface area contributed by atoms with Crippen molar-refractivity contribution in [2.24, 2.45) is 0 Å². The van der Waals surface area contributed by atoms with Crippen molar-refractivity contribution < 1.29 is 4.79 Å². The van der Waals surface area contributed by atoms with Gasteiger partial charge < -0.3 is 0 Å². The van der Waals surface area contributed by atoms with Crippen molar-refractivity contribution >= 4 is 16.9 Å². The molecular formula is C10H6N4O. The van der Waals surface area contributed by atoms with Gasteiger partial charge >= 0.3 is 0 Å². The van der Waals surface area contributed by atoms with Crippen molar-refractivity contribution in [1.82, 2.24) is 15.3 Å². The Kier molecular flexibility index (Phi) is 2.25. The zero-order chi connectivity index (χ0) is 10.7. The van der Waals surface area contributed by atoms with Crippen LogP contribution in [0.4, 0.5) is 0 Å². The number of benzene rings is 1. The quantitative estimate of drug-likeness (QED) is 0.544. The van der Waals surface area contributed by atoms with Crippen molar-refractivity contribution in [3.05, 3.63) is 36.2 Å². The molecule has 0 spiro atoms. The number of hydrogen-bond donors (Lipinski definition) is 1. The van der Waals surface area contributed by atoms with E-state index in [0.717, 1.165) is 0 Å². The van der Waals surface area contributed by atoms with Crippen LogP contribution in [0.2, 0.25) is 0 Å². The molecule has 1 aromatic heterocycles. The molecule has 0 atom stereocenters. The van der Waals surface area contributed by atoms with Gasteiger partial charge in [-0.05, 0) is 12.1 Å². The fraction of sp³-hybridized carbons (Fsp3) is 0. The lowest BCUT2D eigenvalue weighted by Gasteiger charge is -2.01. The summed E-state index contributed by atoms with van der Waals surface area (Å²) in [5.41, 5.74) is 1.47. The van der Waals surface area contributed by atoms with Crippen molar-refractivity contribution in [1.29, 1.82) is 5.26 Å². The van der Waals surface area contributed by atoms with Gasteiger partial charge in [-0.25, -0.2) is 0 Å². The van der Waals surface area contributed by atoms with E-state index in [1.807, 2.05) is 0 Å². The highest BCUT2D eigenvalue weighted by molar-refractivity contribution is 6.05. The van der Waals surface area contributed by atoms with Gasteiger partial charge in [-0.3, -0.25) is 20.1 Å². The number of rotatable bonds is 1. The Morgan fingerprint density at radius 1 is 1.33 bits per heavy atom. The SMILES string of the molecule is N#CNC(=O)c1cccc2nccnc12. The maximum absolute atomic E-state index is 11.5. The minimum Gasteiger partial charge on any atom is -0.268 e. The van der Waals surface area contributed by atoms with Gasteiger partial charge in [-0.2, -0.15) is 5.26 Å². The molecule has 0 bridgehead atoms. The first kappa shape index (κ1) is 9.09. The number of nitrogens with zero attached hydrogens (tertiary/aromatic N) is 3. The number of carbonyl (C=O) groups excluding carboxylic acids is 1. The zero-order valence-corrected chi connectivity index (χ0v) is 7.64. The second-order valence-corrected chi connectivity index (χ2v) is 2.80. The molecule has 0 radical (unpaired) electrons. The fourth-order valence-electron chi connectivity index (χ4n) is 1.29. The van der Waals surface area contributed by atoms with Crippen LogP contribution < -0.4 is 5.32 Å². The zero-order valence-electron chi connectivity index (χ0n) is 7.64. The largest absolute Gasteiger partial charge is 0.268 e. The van der Waals surface area contributed by atoms with Gasteiger partial charge in [0.15, 0.2) is 6.19 Å². The summed E-state index contributed by atoms with van der Waals surface area (Å²) in [6.45, 7) is 0. The van der Waals surface area contributed by atoms with Crippen molar-refractivity contribution in [2.75, 3.05) is 0 Å². The Balaban J connectivity index is 2.62. The Hall–Kier alpha value is -2.48. The summed E-state index contributed by atoms with van der Waals surface area (Å²) in [5.74, 6) is -0.469. The topological polar surface area (TPSA) is 78.7 Å². The standard InChI is InChI=1S/C10H6N4O/c11-6-14-10(15)7-2-1-3-8-9(7)13-5-4-12-8/h1-5H,(H,14,15). The second kappa shape index (κ2) is 3.72. The van der Waals surface area contributed by atoms with Crippen LogP contribution in [0.15, 0.2) is 30.6 Å². The molecule has 0 aliphatic rings. The van der Waals surface area contributed by atoms with Crippen LogP contribution in [0.3, 0.4) is 0 Å². The molecule has 1 N–H and O–H groups in total. The average molecular weight is 198 g/mol. The van der Waals surface area contributed by atoms with E-state index in [4.69, 9.17) is 5.26 Å². The second-order valence-electron chi connectivity index (χ2n) is 2.80. The molecule has 2 rings (SSSR count). The summed E-state index contributed by atoms with van der Waals surface area (Å²) < 4.78 is 0. The van der Waals surface area contributed by atoms with Crippen molar-refractivity contribution in [3.8, 4) is 6.19 Å². The molecule has 15 heavy (non-hydrogen) atoms. The lowest BCUT2D eigenvalue weighted by molar-refractivity contribution is 0.0974. The van der Waals surface area contributed by atoms with Crippen LogP contribution in [-0.2, 0) is 0 Å². The van der Waals surface area contributed by atoms with Gasteiger partial charge in [-0.15, -0.1) is 0 Å². The molecule has 2 aromatic rings. The monoisotopic (exact) mass is 198 g/mol. The van der Waals surface area contributed by atoms with Gasteiger partial charge in [0.25, 0.3) is 5.91 Å². The minimum absolute atomic E-state index is 0.349. The third-order valence-corrected chi connectivity index (χ3v) is 1.91. The van der Waals surface area contributed by atoms with Crippen LogP contribution in [0.5, 0.6) is 0 Å². The normalized spacial score (nSPS) is 9.53. The molecule has 0 aliphatic heterocycles. The molecular weight excluding hydrogens is 192 g/mol. The fourth-order valence-corrected chi connectivity index (χ4v) is 1.29. The van der Waals surface area contributed by atoms with Gasteiger partial charge in [0.2, 0.25) is 0 Å². The third kappa shape index (κ3) is 1.60. The number of amides is 1. The van der Waals surface area contributed by atoms with Crippen LogP contribution in [0.1, 0.15) is 10.4 Å². The highest BCUT2D eigenvalue weighted by atomic mass is 16.1. The first-order chi connectivity index (χ1) is 7.33. The van der Waals surface area contributed by atoms with E-state index in [1.54, 1.807) is 30.6 Å². The molecule has 1 aromatic carbocycles. The number of nitrogens with one attached hydrogen (secondary N) is 1. The summed E-state index contributed by atoms with van der Waals surface area (Å²) in [5, 5.41) is 10.4. The van der Waals surface area contributed by atoms with Gasteiger partial charge in [0.1, 0.15) is 5.52 Å². The predicted octanol–water partition coefficient (Wildman–Crippen LogP) is 0.841. The van der Waals surface area contributed by atoms with E-state index >= 15 is 0 Å². The number of carbonyl (C=O) groups is 1. The molecule has 0 fully saturated rings. The smallest absolute Gasteiger partial charge is 0.266 e. The maximum Gasteiger partial charge on any atom is 0.266 e. The Morgan fingerprint density at radius 2 is 2.13 bits per heavy atom. The van der Waals surface area contributed by atoms with Gasteiger partial charge in [0, 0.05) is 12.4 Å². The summed E-state index contributed by atoms with van der Waals surface area (Å²) in [6, 6.07) is 5.05. The molecule has 0 saturated heterocycles. The Morgan fingerprint density at radius 3 is 2.93 bits per heavy atom. The van der Waals surface area contributed by atoms with E-state index in [1.165, 1.54) is 6.20 Å². The van der Waals surface area contributed by atoms with Crippen LogP contribution in [0, 0.1) is 11.5 Å². The Bertz CT molecular complexity index is 553. The number of para-hydroxylation sites is 1. The lowest BCUT2D eigenvalue weighted by atomic mass is 10.1. The van der Waals surface area contributed by atoms with E-state index in [0.29, 0.717) is 16.6 Å². The third-order valence-electron chi connectivity index (χ3n) is 1.91. The number of fused-ring (bicyclic) bond motifs is 1. The highest BCUT2D eigenvalue weighted by Gasteiger charge is 2.09. The van der Waals surface area contributed by atoms with E-state index in [-0.39, 0.29) is 0 Å². The summed E-state index contributed by atoms with van der Waals surface area (Å²) >= 11 is 0. The van der Waals surface area contributed by atoms with E-state index in [9.17, 15) is 4.79 Å². The maximum atomic E-state index is 11.5. The molecule has 1 heterocycles. The average Bonchev–Trinajstić information content (AvgIpc) is 2.28. The van der Waals surface area contributed by atoms with Gasteiger partial charge in [0.05, 0.1) is 11.1 Å². The van der Waals surface area contributed by atoms with Crippen molar-refractivity contribution in [2.45, 2.75) is 0 Å². The molecule has 0 saturated carbocycles. The Labute approximate surface area is 85.4 Å². The molecule has 5 nitrogen and oxygen atoms in total. The summed E-state index contributed by atoms with van der Waals surface area (Å²) in [4.78, 5) is 19.6. The molecule has 72 valence electrons. The summed E-state index contributed by atoms with van der Waals surface area (Å²) in [6.07, 6.45) is 4.64. The van der Waals surface area contributed by atoms with Crippen LogP contribution >= 0.6 is 0 Å². The number of aromatic nitrogens is 2. The number of nitriles is 1. The molecule has 5 heteroatoms. The first-order valence-corrected chi connectivity index (χ1v) is 4.22. The minimum atomic E-state index is -0.469. The summed E-state index contributed by atoms with van der Waals surface area (Å²) in [7, 11) is 0. The molecule has 1 amide bonds. The lowest BCUT2D eigenvalue weighted by Crippen LogP contribution is -2.17. The van der Waals surface area contributed by atoms with E-state index in [2.05, 4.69) is 15.3 Å². The molecule has 0 unspecified atom stereocenters. The van der Waals surface area contributed by atoms with Gasteiger partial charge in [-0.1, -0.05) is 6.07 Å². The first-order valence-electron chi connectivity index (χ1n) is 4.22. The predicted molar refractivity (Wildman–Crippen MR) is 52.6 cm³/mol. The highest BCUT2D eigenvalue weighted by Crippen LogP contribution is 2.13. The number of hydrogen-bond acceptors (Lipinski definition) is 4. The van der Waals surface area contributed by atoms with Crippen LogP contribution in [-0.4, -0.2) is 15.9 Å². The van der Waals surface area contributed by atoms with E-state index < -0.39 is 5.91 Å². The molecule has 0 aliphatic carbocycles. The van der Waals surface area contributed by atoms with Crippen LogP contribution in [0.25, 0.3) is 11.0 Å². The van der Waals surface area contributed by atoms with Crippen molar-refractivity contribution in [3.63, 3.8) is 0 Å².